The number of aromatic nitrogens is 2. The highest BCUT2D eigenvalue weighted by Crippen LogP contribution is 2.38. The third kappa shape index (κ3) is 1.46. The van der Waals surface area contributed by atoms with Crippen molar-refractivity contribution in [3.63, 3.8) is 0 Å². The van der Waals surface area contributed by atoms with Gasteiger partial charge in [0.15, 0.2) is 0 Å². The Hall–Kier alpha value is -0.830. The van der Waals surface area contributed by atoms with Crippen LogP contribution in [0, 0.1) is 0 Å². The van der Waals surface area contributed by atoms with E-state index >= 15 is 0 Å². The van der Waals surface area contributed by atoms with Crippen molar-refractivity contribution in [1.29, 1.82) is 0 Å². The van der Waals surface area contributed by atoms with Gasteiger partial charge in [0.25, 0.3) is 0 Å². The van der Waals surface area contributed by atoms with Crippen molar-refractivity contribution in [2.45, 2.75) is 50.7 Å². The molecule has 2 heterocycles. The van der Waals surface area contributed by atoms with Gasteiger partial charge in [-0.25, -0.2) is 4.98 Å². The molecule has 1 saturated carbocycles. The maximum atomic E-state index is 9.79. The number of hydrogen-bond donors (Lipinski definition) is 1. The monoisotopic (exact) mass is 192 g/mol. The number of rotatable bonds is 2. The van der Waals surface area contributed by atoms with E-state index in [2.05, 4.69) is 15.7 Å². The topological polar surface area (TPSA) is 38.0 Å². The smallest absolute Gasteiger partial charge is 0.108 e. The first-order valence-corrected chi connectivity index (χ1v) is 5.53. The molecule has 0 amide bonds. The molecule has 1 aliphatic heterocycles. The van der Waals surface area contributed by atoms with Crippen molar-refractivity contribution >= 4 is 0 Å². The second-order valence-electron chi connectivity index (χ2n) is 4.70. The van der Waals surface area contributed by atoms with E-state index in [1.54, 1.807) is 0 Å². The lowest BCUT2D eigenvalue weighted by atomic mass is 10.2. The molecule has 3 nitrogen and oxygen atoms in total. The summed E-state index contributed by atoms with van der Waals surface area (Å²) in [6.07, 6.45) is 8.44. The summed E-state index contributed by atoms with van der Waals surface area (Å²) in [7, 11) is 0. The first-order valence-electron chi connectivity index (χ1n) is 5.53. The van der Waals surface area contributed by atoms with Crippen LogP contribution in [-0.4, -0.2) is 20.3 Å². The number of aliphatic hydroxyl groups is 1. The lowest BCUT2D eigenvalue weighted by Gasteiger charge is -2.11. The second-order valence-corrected chi connectivity index (χ2v) is 4.70. The Balaban J connectivity index is 1.81. The molecule has 0 bridgehead atoms. The Kier molecular flexibility index (Phi) is 1.71. The summed E-state index contributed by atoms with van der Waals surface area (Å²) in [4.78, 5) is 4.58. The third-order valence-electron chi connectivity index (χ3n) is 3.30. The molecule has 1 N–H and O–H groups in total. The van der Waals surface area contributed by atoms with Crippen molar-refractivity contribution in [3.8, 4) is 0 Å². The number of imidazole rings is 1. The van der Waals surface area contributed by atoms with Gasteiger partial charge in [-0.3, -0.25) is 0 Å². The largest absolute Gasteiger partial charge is 0.389 e. The Bertz CT molecular complexity index is 329. The number of fused-ring (bicyclic) bond motifs is 1. The fourth-order valence-corrected chi connectivity index (χ4v) is 2.22. The van der Waals surface area contributed by atoms with Crippen molar-refractivity contribution in [2.24, 2.45) is 0 Å². The molecule has 0 aromatic carbocycles. The van der Waals surface area contributed by atoms with Gasteiger partial charge >= 0.3 is 0 Å². The average Bonchev–Trinajstić information content (AvgIpc) is 2.77. The van der Waals surface area contributed by atoms with Gasteiger partial charge in [0.05, 0.1) is 11.3 Å². The second kappa shape index (κ2) is 2.83. The van der Waals surface area contributed by atoms with Gasteiger partial charge in [-0.1, -0.05) is 0 Å². The lowest BCUT2D eigenvalue weighted by Crippen LogP contribution is -2.10. The van der Waals surface area contributed by atoms with E-state index in [1.807, 2.05) is 0 Å². The summed E-state index contributed by atoms with van der Waals surface area (Å²) < 4.78 is 2.25. The molecule has 1 aromatic heterocycles. The van der Waals surface area contributed by atoms with Crippen molar-refractivity contribution in [2.75, 3.05) is 0 Å². The minimum absolute atomic E-state index is 0.398. The zero-order valence-corrected chi connectivity index (χ0v) is 8.37. The SMILES string of the molecule is OC1(Cc2cn3c(n2)CCCC3)CC1. The predicted octanol–water partition coefficient (Wildman–Crippen LogP) is 1.29. The van der Waals surface area contributed by atoms with Crippen LogP contribution in [0.2, 0.25) is 0 Å². The molecule has 1 aliphatic carbocycles. The van der Waals surface area contributed by atoms with E-state index in [4.69, 9.17) is 0 Å². The van der Waals surface area contributed by atoms with E-state index in [0.717, 1.165) is 37.9 Å². The van der Waals surface area contributed by atoms with Gasteiger partial charge < -0.3 is 9.67 Å². The van der Waals surface area contributed by atoms with Crippen LogP contribution in [0.25, 0.3) is 0 Å². The zero-order chi connectivity index (χ0) is 9.60. The summed E-state index contributed by atoms with van der Waals surface area (Å²) in [6.45, 7) is 1.11. The maximum absolute atomic E-state index is 9.79. The summed E-state index contributed by atoms with van der Waals surface area (Å²) in [6, 6.07) is 0. The summed E-state index contributed by atoms with van der Waals surface area (Å²) >= 11 is 0. The number of nitrogens with zero attached hydrogens (tertiary/aromatic N) is 2. The first-order chi connectivity index (χ1) is 6.75. The fourth-order valence-electron chi connectivity index (χ4n) is 2.22. The highest BCUT2D eigenvalue weighted by atomic mass is 16.3. The van der Waals surface area contributed by atoms with E-state index < -0.39 is 5.60 Å². The molecule has 1 fully saturated rings. The van der Waals surface area contributed by atoms with E-state index in [-0.39, 0.29) is 0 Å². The van der Waals surface area contributed by atoms with Crippen molar-refractivity contribution < 1.29 is 5.11 Å². The molecule has 0 spiro atoms. The van der Waals surface area contributed by atoms with Crippen molar-refractivity contribution in [1.82, 2.24) is 9.55 Å². The molecule has 2 aliphatic rings. The van der Waals surface area contributed by atoms with Gasteiger partial charge in [0.2, 0.25) is 0 Å². The number of hydrogen-bond acceptors (Lipinski definition) is 2. The summed E-state index contributed by atoms with van der Waals surface area (Å²) in [5.41, 5.74) is 0.687. The summed E-state index contributed by atoms with van der Waals surface area (Å²) in [5, 5.41) is 9.79. The molecule has 0 saturated heterocycles. The normalized spacial score (nSPS) is 23.2. The van der Waals surface area contributed by atoms with Gasteiger partial charge in [-0.15, -0.1) is 0 Å². The fraction of sp³-hybridized carbons (Fsp3) is 0.727. The van der Waals surface area contributed by atoms with Crippen LogP contribution < -0.4 is 0 Å². The Labute approximate surface area is 83.8 Å². The Morgan fingerprint density at radius 3 is 3.00 bits per heavy atom. The summed E-state index contributed by atoms with van der Waals surface area (Å²) in [5.74, 6) is 1.22. The van der Waals surface area contributed by atoms with Gasteiger partial charge in [0, 0.05) is 25.6 Å². The minimum Gasteiger partial charge on any atom is -0.389 e. The molecule has 14 heavy (non-hydrogen) atoms. The predicted molar refractivity (Wildman–Crippen MR) is 53.1 cm³/mol. The van der Waals surface area contributed by atoms with Crippen LogP contribution in [0.5, 0.6) is 0 Å². The van der Waals surface area contributed by atoms with Crippen molar-refractivity contribution in [3.05, 3.63) is 17.7 Å². The molecule has 3 rings (SSSR count). The van der Waals surface area contributed by atoms with Gasteiger partial charge in [-0.2, -0.15) is 0 Å². The molecule has 0 atom stereocenters. The van der Waals surface area contributed by atoms with Crippen LogP contribution in [0.1, 0.15) is 37.2 Å². The molecule has 0 radical (unpaired) electrons. The maximum Gasteiger partial charge on any atom is 0.108 e. The van der Waals surface area contributed by atoms with Gasteiger partial charge in [-0.05, 0) is 25.7 Å². The quantitative estimate of drug-likeness (QED) is 0.766. The molecule has 76 valence electrons. The number of aryl methyl sites for hydroxylation is 2. The van der Waals surface area contributed by atoms with Crippen LogP contribution >= 0.6 is 0 Å². The van der Waals surface area contributed by atoms with Crippen LogP contribution in [0.3, 0.4) is 0 Å². The molecule has 1 aromatic rings. The molecular weight excluding hydrogens is 176 g/mol. The van der Waals surface area contributed by atoms with E-state index in [9.17, 15) is 5.11 Å². The third-order valence-corrected chi connectivity index (χ3v) is 3.30. The van der Waals surface area contributed by atoms with Crippen LogP contribution in [0.4, 0.5) is 0 Å². The Morgan fingerprint density at radius 1 is 1.43 bits per heavy atom. The molecule has 3 heteroatoms. The molecule has 0 unspecified atom stereocenters. The lowest BCUT2D eigenvalue weighted by molar-refractivity contribution is 0.150. The zero-order valence-electron chi connectivity index (χ0n) is 8.37. The van der Waals surface area contributed by atoms with Gasteiger partial charge in [0.1, 0.15) is 5.82 Å². The van der Waals surface area contributed by atoms with Crippen LogP contribution in [0.15, 0.2) is 6.20 Å². The van der Waals surface area contributed by atoms with E-state index in [1.165, 1.54) is 18.7 Å². The Morgan fingerprint density at radius 2 is 2.29 bits per heavy atom. The first kappa shape index (κ1) is 8.48. The highest BCUT2D eigenvalue weighted by molar-refractivity contribution is 5.12. The molecular formula is C11H16N2O. The average molecular weight is 192 g/mol. The van der Waals surface area contributed by atoms with Crippen LogP contribution in [-0.2, 0) is 19.4 Å². The van der Waals surface area contributed by atoms with E-state index in [0.29, 0.717) is 0 Å². The minimum atomic E-state index is -0.398. The standard InChI is InChI=1S/C11H16N2O/c14-11(4-5-11)7-9-8-13-6-2-1-3-10(13)12-9/h8,14H,1-7H2. The highest BCUT2D eigenvalue weighted by Gasteiger charge is 2.40.